The summed E-state index contributed by atoms with van der Waals surface area (Å²) in [7, 11) is -4.09. The molecule has 4 heterocycles. The van der Waals surface area contributed by atoms with Gasteiger partial charge in [0.15, 0.2) is 12.3 Å². The van der Waals surface area contributed by atoms with Crippen LogP contribution in [-0.2, 0) is 16.7 Å². The Bertz CT molecular complexity index is 2110. The summed E-state index contributed by atoms with van der Waals surface area (Å²) in [4.78, 5) is 2.02. The number of hydrogen-bond donors (Lipinski definition) is 1. The molecule has 0 saturated carbocycles. The van der Waals surface area contributed by atoms with Crippen molar-refractivity contribution in [2.45, 2.75) is 32.7 Å². The van der Waals surface area contributed by atoms with E-state index in [0.717, 1.165) is 57.9 Å². The Hall–Kier alpha value is -4.38. The highest BCUT2D eigenvalue weighted by atomic mass is 32.2. The van der Waals surface area contributed by atoms with Crippen molar-refractivity contribution >= 4 is 54.3 Å². The SMILES string of the molecule is CCCC[n+]1c(/C=C2\Oc3ccc(-n4ccc5ccccc54)cc3N2CCCS(=O)(=O)O)sc2ccc(-n3cccc3)cc21. The Morgan fingerprint density at radius 1 is 0.932 bits per heavy atom. The molecule has 224 valence electrons. The van der Waals surface area contributed by atoms with Gasteiger partial charge in [0.05, 0.1) is 28.7 Å². The second-order valence-corrected chi connectivity index (χ2v) is 13.6. The average Bonchev–Trinajstić information content (AvgIpc) is 3.81. The normalized spacial score (nSPS) is 14.1. The van der Waals surface area contributed by atoms with Crippen molar-refractivity contribution in [3.63, 3.8) is 0 Å². The molecule has 0 radical (unpaired) electrons. The van der Waals surface area contributed by atoms with Crippen molar-refractivity contribution < 1.29 is 22.3 Å². The number of thiazole rings is 1. The standard InChI is InChI=1S/C34H32N4O4S2/c1-2-3-18-38-30-22-26(35-16-6-7-17-35)12-14-32(30)43-34(38)24-33-37(19-8-21-44(39,40)41)29-23-27(11-13-31(29)42-33)36-20-15-25-9-4-5-10-28(25)36/h4-7,9-17,20,22-24H,2-3,8,18-19,21H2,1H3/p+1. The Kier molecular flexibility index (Phi) is 7.49. The first-order valence-corrected chi connectivity index (χ1v) is 17.2. The number of fused-ring (bicyclic) bond motifs is 3. The van der Waals surface area contributed by atoms with Gasteiger partial charge in [-0.3, -0.25) is 4.55 Å². The first-order valence-electron chi connectivity index (χ1n) is 14.8. The zero-order valence-electron chi connectivity index (χ0n) is 24.3. The van der Waals surface area contributed by atoms with E-state index in [1.54, 1.807) is 11.3 Å². The molecular weight excluding hydrogens is 593 g/mol. The van der Waals surface area contributed by atoms with Crippen molar-refractivity contribution in [2.24, 2.45) is 0 Å². The molecule has 0 amide bonds. The third kappa shape index (κ3) is 5.52. The predicted octanol–water partition coefficient (Wildman–Crippen LogP) is 7.20. The average molecular weight is 626 g/mol. The molecule has 0 bridgehead atoms. The molecule has 0 fully saturated rings. The Morgan fingerprint density at radius 2 is 1.75 bits per heavy atom. The van der Waals surface area contributed by atoms with Crippen LogP contribution < -0.4 is 14.2 Å². The molecule has 3 aromatic heterocycles. The summed E-state index contributed by atoms with van der Waals surface area (Å²) >= 11 is 1.71. The number of rotatable bonds is 10. The van der Waals surface area contributed by atoms with Crippen LogP contribution in [0.4, 0.5) is 5.69 Å². The van der Waals surface area contributed by atoms with E-state index in [2.05, 4.69) is 75.4 Å². The zero-order valence-corrected chi connectivity index (χ0v) is 26.0. The Labute approximate surface area is 260 Å². The summed E-state index contributed by atoms with van der Waals surface area (Å²) in [6.45, 7) is 3.43. The van der Waals surface area contributed by atoms with Gasteiger partial charge in [-0.15, -0.1) is 0 Å². The first-order chi connectivity index (χ1) is 21.4. The highest BCUT2D eigenvalue weighted by Gasteiger charge is 2.30. The maximum atomic E-state index is 11.6. The van der Waals surface area contributed by atoms with Gasteiger partial charge in [-0.2, -0.15) is 13.0 Å². The van der Waals surface area contributed by atoms with Crippen LogP contribution in [-0.4, -0.2) is 34.4 Å². The highest BCUT2D eigenvalue weighted by molar-refractivity contribution is 7.85. The molecule has 10 heteroatoms. The highest BCUT2D eigenvalue weighted by Crippen LogP contribution is 2.42. The van der Waals surface area contributed by atoms with Gasteiger partial charge in [0.1, 0.15) is 4.70 Å². The first kappa shape index (κ1) is 28.4. The van der Waals surface area contributed by atoms with E-state index >= 15 is 0 Å². The van der Waals surface area contributed by atoms with Crippen molar-refractivity contribution in [3.05, 3.63) is 108 Å². The number of para-hydroxylation sites is 1. The van der Waals surface area contributed by atoms with Gasteiger partial charge in [0.2, 0.25) is 11.4 Å². The quantitative estimate of drug-likeness (QED) is 0.129. The Morgan fingerprint density at radius 3 is 2.57 bits per heavy atom. The minimum absolute atomic E-state index is 0.248. The van der Waals surface area contributed by atoms with Crippen LogP contribution in [0.5, 0.6) is 5.75 Å². The van der Waals surface area contributed by atoms with E-state index < -0.39 is 10.1 Å². The minimum Gasteiger partial charge on any atom is -0.438 e. The van der Waals surface area contributed by atoms with Crippen LogP contribution in [0.15, 0.2) is 103 Å². The van der Waals surface area contributed by atoms with E-state index in [9.17, 15) is 13.0 Å². The second-order valence-electron chi connectivity index (χ2n) is 11.0. The molecule has 1 aliphatic rings. The van der Waals surface area contributed by atoms with E-state index in [1.165, 1.54) is 4.70 Å². The van der Waals surface area contributed by atoms with Gasteiger partial charge in [-0.1, -0.05) is 42.9 Å². The number of ether oxygens (including phenoxy) is 1. The number of benzene rings is 3. The molecular formula is C34H33N4O4S2+. The van der Waals surface area contributed by atoms with Crippen LogP contribution in [0.1, 0.15) is 31.2 Å². The van der Waals surface area contributed by atoms with Crippen molar-refractivity contribution in [3.8, 4) is 17.1 Å². The van der Waals surface area contributed by atoms with Gasteiger partial charge in [0.25, 0.3) is 15.1 Å². The molecule has 3 aromatic carbocycles. The second kappa shape index (κ2) is 11.6. The van der Waals surface area contributed by atoms with Crippen molar-refractivity contribution in [1.29, 1.82) is 0 Å². The number of nitrogens with zero attached hydrogens (tertiary/aromatic N) is 4. The van der Waals surface area contributed by atoms with E-state index in [1.807, 2.05) is 53.7 Å². The van der Waals surface area contributed by atoms with Crippen molar-refractivity contribution in [2.75, 3.05) is 17.2 Å². The maximum absolute atomic E-state index is 11.6. The fourth-order valence-electron chi connectivity index (χ4n) is 5.81. The lowest BCUT2D eigenvalue weighted by Crippen LogP contribution is -2.35. The molecule has 0 unspecified atom stereocenters. The fourth-order valence-corrected chi connectivity index (χ4v) is 7.40. The molecule has 0 spiro atoms. The van der Waals surface area contributed by atoms with Crippen LogP contribution in [0.2, 0.25) is 0 Å². The number of hydrogen-bond acceptors (Lipinski definition) is 5. The smallest absolute Gasteiger partial charge is 0.268 e. The summed E-state index contributed by atoms with van der Waals surface area (Å²) in [5.74, 6) is 1.02. The van der Waals surface area contributed by atoms with Gasteiger partial charge < -0.3 is 18.8 Å². The topological polar surface area (TPSA) is 80.6 Å². The monoisotopic (exact) mass is 625 g/mol. The third-order valence-electron chi connectivity index (χ3n) is 7.97. The largest absolute Gasteiger partial charge is 0.438 e. The molecule has 8 nitrogen and oxygen atoms in total. The summed E-state index contributed by atoms with van der Waals surface area (Å²) in [5.41, 5.74) is 5.20. The van der Waals surface area contributed by atoms with Gasteiger partial charge in [-0.25, -0.2) is 0 Å². The maximum Gasteiger partial charge on any atom is 0.268 e. The van der Waals surface area contributed by atoms with Crippen molar-refractivity contribution in [1.82, 2.24) is 9.13 Å². The van der Waals surface area contributed by atoms with Crippen LogP contribution in [0, 0.1) is 0 Å². The van der Waals surface area contributed by atoms with Gasteiger partial charge in [-0.05, 0) is 66.4 Å². The lowest BCUT2D eigenvalue weighted by atomic mass is 10.2. The predicted molar refractivity (Wildman–Crippen MR) is 177 cm³/mol. The molecule has 44 heavy (non-hydrogen) atoms. The molecule has 1 aliphatic heterocycles. The molecule has 0 saturated heterocycles. The molecule has 0 atom stereocenters. The number of unbranched alkanes of at least 4 members (excludes halogenated alkanes) is 1. The molecule has 7 rings (SSSR count). The van der Waals surface area contributed by atoms with Crippen LogP contribution in [0.3, 0.4) is 0 Å². The van der Waals surface area contributed by atoms with Gasteiger partial charge >= 0.3 is 0 Å². The number of aromatic nitrogens is 3. The zero-order chi connectivity index (χ0) is 30.3. The summed E-state index contributed by atoms with van der Waals surface area (Å²) < 4.78 is 46.9. The summed E-state index contributed by atoms with van der Waals surface area (Å²) in [5, 5.41) is 2.20. The summed E-state index contributed by atoms with van der Waals surface area (Å²) in [6, 6.07) is 27.0. The molecule has 1 N–H and O–H groups in total. The van der Waals surface area contributed by atoms with Crippen LogP contribution in [0.25, 0.3) is 38.6 Å². The molecule has 0 aliphatic carbocycles. The summed E-state index contributed by atoms with van der Waals surface area (Å²) in [6.07, 6.45) is 10.6. The minimum atomic E-state index is -4.09. The van der Waals surface area contributed by atoms with Crippen LogP contribution >= 0.6 is 11.3 Å². The van der Waals surface area contributed by atoms with E-state index in [0.29, 0.717) is 18.2 Å². The third-order valence-corrected chi connectivity index (χ3v) is 9.89. The van der Waals surface area contributed by atoms with Gasteiger partial charge in [0, 0.05) is 43.3 Å². The molecule has 6 aromatic rings. The van der Waals surface area contributed by atoms with E-state index in [4.69, 9.17) is 4.74 Å². The number of aryl methyl sites for hydroxylation is 1. The van der Waals surface area contributed by atoms with E-state index in [-0.39, 0.29) is 12.2 Å². The lowest BCUT2D eigenvalue weighted by Gasteiger charge is -2.18. The Balaban J connectivity index is 1.30. The lowest BCUT2D eigenvalue weighted by molar-refractivity contribution is -0.669. The number of anilines is 1. The fraction of sp³-hybridized carbons (Fsp3) is 0.206.